The minimum atomic E-state index is -3.59. The second-order valence-corrected chi connectivity index (χ2v) is 8.90. The summed E-state index contributed by atoms with van der Waals surface area (Å²) in [6, 6.07) is 3.44. The third-order valence-corrected chi connectivity index (χ3v) is 7.39. The van der Waals surface area contributed by atoms with Gasteiger partial charge in [-0.1, -0.05) is 42.1 Å². The number of hydrogen-bond acceptors (Lipinski definition) is 3. The van der Waals surface area contributed by atoms with E-state index in [0.29, 0.717) is 11.0 Å². The minimum Gasteiger partial charge on any atom is -0.398 e. The molecule has 0 unspecified atom stereocenters. The summed E-state index contributed by atoms with van der Waals surface area (Å²) in [7, 11) is -3.59. The number of benzene rings is 1. The standard InChI is InChI=1S/C14H20Br2N2O2S/c1-2-18(11-6-4-3-5-7-11)21(19,20)14-12(16)8-10(15)9-13(14)17/h8-9,11H,2-7,17H2,1H3. The van der Waals surface area contributed by atoms with Crippen molar-refractivity contribution in [1.82, 2.24) is 4.31 Å². The van der Waals surface area contributed by atoms with Crippen LogP contribution < -0.4 is 5.73 Å². The van der Waals surface area contributed by atoms with Gasteiger partial charge in [0.25, 0.3) is 0 Å². The molecule has 0 heterocycles. The Morgan fingerprint density at radius 2 is 1.86 bits per heavy atom. The van der Waals surface area contributed by atoms with Crippen LogP contribution in [0.3, 0.4) is 0 Å². The second-order valence-electron chi connectivity index (χ2n) is 5.31. The summed E-state index contributed by atoms with van der Waals surface area (Å²) in [5.74, 6) is 0. The number of nitrogen functional groups attached to an aromatic ring is 1. The van der Waals surface area contributed by atoms with Crippen molar-refractivity contribution in [2.45, 2.75) is 50.0 Å². The smallest absolute Gasteiger partial charge is 0.246 e. The third-order valence-electron chi connectivity index (χ3n) is 3.90. The van der Waals surface area contributed by atoms with Gasteiger partial charge in [0.1, 0.15) is 4.90 Å². The Balaban J connectivity index is 2.44. The van der Waals surface area contributed by atoms with Crippen molar-refractivity contribution in [3.8, 4) is 0 Å². The lowest BCUT2D eigenvalue weighted by molar-refractivity contribution is 0.261. The van der Waals surface area contributed by atoms with Gasteiger partial charge in [0.15, 0.2) is 0 Å². The van der Waals surface area contributed by atoms with Crippen molar-refractivity contribution < 1.29 is 8.42 Å². The molecular weight excluding hydrogens is 420 g/mol. The van der Waals surface area contributed by atoms with E-state index < -0.39 is 10.0 Å². The fourth-order valence-corrected chi connectivity index (χ4v) is 6.67. The molecule has 1 fully saturated rings. The van der Waals surface area contributed by atoms with Crippen LogP contribution >= 0.6 is 31.9 Å². The van der Waals surface area contributed by atoms with Crippen LogP contribution in [-0.2, 0) is 10.0 Å². The Morgan fingerprint density at radius 1 is 1.24 bits per heavy atom. The van der Waals surface area contributed by atoms with Crippen LogP contribution in [0.25, 0.3) is 0 Å². The van der Waals surface area contributed by atoms with Gasteiger partial charge in [-0.05, 0) is 40.9 Å². The Bertz CT molecular complexity index is 590. The van der Waals surface area contributed by atoms with E-state index in [2.05, 4.69) is 31.9 Å². The van der Waals surface area contributed by atoms with E-state index in [1.807, 2.05) is 6.92 Å². The van der Waals surface area contributed by atoms with E-state index >= 15 is 0 Å². The van der Waals surface area contributed by atoms with E-state index in [1.165, 1.54) is 6.42 Å². The molecule has 1 saturated carbocycles. The van der Waals surface area contributed by atoms with Crippen LogP contribution in [0.5, 0.6) is 0 Å². The van der Waals surface area contributed by atoms with Crippen molar-refractivity contribution >= 4 is 47.6 Å². The molecule has 1 aliphatic carbocycles. The average Bonchev–Trinajstić information content (AvgIpc) is 2.38. The molecule has 4 nitrogen and oxygen atoms in total. The highest BCUT2D eigenvalue weighted by Crippen LogP contribution is 2.36. The van der Waals surface area contributed by atoms with E-state index in [0.717, 1.165) is 30.2 Å². The van der Waals surface area contributed by atoms with Gasteiger partial charge in [0, 0.05) is 21.5 Å². The number of nitrogens with two attached hydrogens (primary N) is 1. The number of nitrogens with zero attached hydrogens (tertiary/aromatic N) is 1. The Kier molecular flexibility index (Phi) is 5.73. The van der Waals surface area contributed by atoms with Crippen molar-refractivity contribution in [2.24, 2.45) is 0 Å². The Morgan fingerprint density at radius 3 is 2.38 bits per heavy atom. The summed E-state index contributed by atoms with van der Waals surface area (Å²) >= 11 is 6.67. The zero-order chi connectivity index (χ0) is 15.6. The minimum absolute atomic E-state index is 0.0868. The summed E-state index contributed by atoms with van der Waals surface area (Å²) in [5, 5.41) is 0. The van der Waals surface area contributed by atoms with Gasteiger partial charge in [-0.25, -0.2) is 8.42 Å². The zero-order valence-electron chi connectivity index (χ0n) is 12.0. The number of anilines is 1. The highest BCUT2D eigenvalue weighted by atomic mass is 79.9. The molecule has 2 N–H and O–H groups in total. The summed E-state index contributed by atoms with van der Waals surface area (Å²) in [6.07, 6.45) is 5.24. The molecule has 118 valence electrons. The van der Waals surface area contributed by atoms with Gasteiger partial charge in [0.05, 0.1) is 5.69 Å². The van der Waals surface area contributed by atoms with Gasteiger partial charge >= 0.3 is 0 Å². The first kappa shape index (κ1) is 17.2. The predicted molar refractivity (Wildman–Crippen MR) is 92.7 cm³/mol. The lowest BCUT2D eigenvalue weighted by Crippen LogP contribution is -2.41. The molecule has 7 heteroatoms. The molecular formula is C14H20Br2N2O2S. The third kappa shape index (κ3) is 3.63. The Labute approximate surface area is 143 Å². The normalized spacial score (nSPS) is 17.3. The molecule has 0 bridgehead atoms. The first-order chi connectivity index (χ1) is 9.87. The van der Waals surface area contributed by atoms with Crippen molar-refractivity contribution in [2.75, 3.05) is 12.3 Å². The van der Waals surface area contributed by atoms with E-state index in [4.69, 9.17) is 5.73 Å². The number of halogens is 2. The molecule has 1 aromatic rings. The largest absolute Gasteiger partial charge is 0.398 e. The number of sulfonamides is 1. The van der Waals surface area contributed by atoms with Gasteiger partial charge in [-0.15, -0.1) is 0 Å². The maximum Gasteiger partial charge on any atom is 0.246 e. The first-order valence-electron chi connectivity index (χ1n) is 7.14. The van der Waals surface area contributed by atoms with E-state index in [-0.39, 0.29) is 16.6 Å². The quantitative estimate of drug-likeness (QED) is 0.717. The Hall–Kier alpha value is -0.110. The lowest BCUT2D eigenvalue weighted by atomic mass is 9.95. The molecule has 21 heavy (non-hydrogen) atoms. The molecule has 1 aliphatic rings. The fourth-order valence-electron chi connectivity index (χ4n) is 2.96. The van der Waals surface area contributed by atoms with Crippen molar-refractivity contribution in [3.05, 3.63) is 21.1 Å². The molecule has 2 rings (SSSR count). The molecule has 0 radical (unpaired) electrons. The van der Waals surface area contributed by atoms with Crippen LogP contribution in [0.15, 0.2) is 26.0 Å². The first-order valence-corrected chi connectivity index (χ1v) is 10.2. The topological polar surface area (TPSA) is 63.4 Å². The van der Waals surface area contributed by atoms with Gasteiger partial charge in [0.2, 0.25) is 10.0 Å². The lowest BCUT2D eigenvalue weighted by Gasteiger charge is -2.33. The maximum absolute atomic E-state index is 13.0. The SMILES string of the molecule is CCN(C1CCCCC1)S(=O)(=O)c1c(N)cc(Br)cc1Br. The molecule has 0 aliphatic heterocycles. The van der Waals surface area contributed by atoms with Gasteiger partial charge in [-0.2, -0.15) is 4.31 Å². The molecule has 0 spiro atoms. The highest BCUT2D eigenvalue weighted by molar-refractivity contribution is 9.11. The molecule has 0 amide bonds. The van der Waals surface area contributed by atoms with Gasteiger partial charge in [-0.3, -0.25) is 0 Å². The van der Waals surface area contributed by atoms with Crippen molar-refractivity contribution in [1.29, 1.82) is 0 Å². The fraction of sp³-hybridized carbons (Fsp3) is 0.571. The summed E-state index contributed by atoms with van der Waals surface area (Å²) < 4.78 is 28.9. The van der Waals surface area contributed by atoms with Crippen LogP contribution in [0.1, 0.15) is 39.0 Å². The molecule has 0 saturated heterocycles. The monoisotopic (exact) mass is 438 g/mol. The van der Waals surface area contributed by atoms with Crippen LogP contribution in [-0.4, -0.2) is 25.3 Å². The van der Waals surface area contributed by atoms with Gasteiger partial charge < -0.3 is 5.73 Å². The number of hydrogen-bond donors (Lipinski definition) is 1. The van der Waals surface area contributed by atoms with Crippen LogP contribution in [0.4, 0.5) is 5.69 Å². The van der Waals surface area contributed by atoms with E-state index in [9.17, 15) is 8.42 Å². The summed E-state index contributed by atoms with van der Waals surface area (Å²) in [6.45, 7) is 2.35. The maximum atomic E-state index is 13.0. The second kappa shape index (κ2) is 6.98. The predicted octanol–water partition coefficient (Wildman–Crippen LogP) is 4.14. The molecule has 0 aromatic heterocycles. The average molecular weight is 440 g/mol. The highest BCUT2D eigenvalue weighted by Gasteiger charge is 2.33. The zero-order valence-corrected chi connectivity index (χ0v) is 16.0. The summed E-state index contributed by atoms with van der Waals surface area (Å²) in [5.41, 5.74) is 6.23. The summed E-state index contributed by atoms with van der Waals surface area (Å²) in [4.78, 5) is 0.179. The van der Waals surface area contributed by atoms with Crippen LogP contribution in [0, 0.1) is 0 Å². The van der Waals surface area contributed by atoms with Crippen molar-refractivity contribution in [3.63, 3.8) is 0 Å². The molecule has 1 aromatic carbocycles. The molecule has 0 atom stereocenters. The van der Waals surface area contributed by atoms with Crippen LogP contribution in [0.2, 0.25) is 0 Å². The number of rotatable bonds is 4. The van der Waals surface area contributed by atoms with E-state index in [1.54, 1.807) is 16.4 Å².